The number of ether oxygens (including phenoxy) is 1. The summed E-state index contributed by atoms with van der Waals surface area (Å²) in [4.78, 5) is 10.8. The van der Waals surface area contributed by atoms with E-state index in [9.17, 15) is 4.79 Å². The normalized spacial score (nSPS) is 32.3. The maximum Gasteiger partial charge on any atom is 0.311 e. The monoisotopic (exact) mass is 127 g/mol. The molecule has 0 saturated carbocycles. The first kappa shape index (κ1) is 6.59. The minimum absolute atomic E-state index is 0.123. The lowest BCUT2D eigenvalue weighted by Gasteiger charge is -2.08. The van der Waals surface area contributed by atoms with Crippen LogP contribution in [0.4, 0.5) is 0 Å². The lowest BCUT2D eigenvalue weighted by atomic mass is 9.90. The number of rotatable bonds is 0. The van der Waals surface area contributed by atoms with Gasteiger partial charge in [0.1, 0.15) is 6.10 Å². The molecule has 1 radical (unpaired) electrons. The maximum atomic E-state index is 10.8. The lowest BCUT2D eigenvalue weighted by Crippen LogP contribution is -2.16. The van der Waals surface area contributed by atoms with Crippen LogP contribution in [0.3, 0.4) is 0 Å². The highest BCUT2D eigenvalue weighted by Crippen LogP contribution is 2.31. The third-order valence-corrected chi connectivity index (χ3v) is 1.56. The van der Waals surface area contributed by atoms with Crippen molar-refractivity contribution < 1.29 is 9.53 Å². The van der Waals surface area contributed by atoms with Crippen molar-refractivity contribution in [3.05, 3.63) is 6.92 Å². The van der Waals surface area contributed by atoms with Crippen molar-refractivity contribution in [1.29, 1.82) is 0 Å². The summed E-state index contributed by atoms with van der Waals surface area (Å²) in [6, 6.07) is 0. The van der Waals surface area contributed by atoms with Gasteiger partial charge < -0.3 is 4.74 Å². The molecule has 1 atom stereocenters. The molecule has 1 aliphatic rings. The molecule has 0 N–H and O–H groups in total. The Labute approximate surface area is 55.2 Å². The second-order valence-electron chi connectivity index (χ2n) is 3.12. The van der Waals surface area contributed by atoms with Crippen LogP contribution in [0, 0.1) is 12.3 Å². The molecule has 0 aromatic rings. The van der Waals surface area contributed by atoms with Gasteiger partial charge in [0.15, 0.2) is 0 Å². The van der Waals surface area contributed by atoms with Gasteiger partial charge in [-0.2, -0.15) is 0 Å². The second-order valence-corrected chi connectivity index (χ2v) is 3.12. The predicted molar refractivity (Wildman–Crippen MR) is 33.6 cm³/mol. The molecule has 0 aliphatic carbocycles. The Morgan fingerprint density at radius 2 is 2.33 bits per heavy atom. The van der Waals surface area contributed by atoms with Gasteiger partial charge >= 0.3 is 5.97 Å². The van der Waals surface area contributed by atoms with Crippen molar-refractivity contribution in [2.45, 2.75) is 26.4 Å². The number of hydrogen-bond donors (Lipinski definition) is 0. The molecule has 1 unspecified atom stereocenters. The van der Waals surface area contributed by atoms with Gasteiger partial charge in [0.25, 0.3) is 0 Å². The SMILES string of the molecule is [CH2]C1CC(C)(C)C(=O)O1. The van der Waals surface area contributed by atoms with Crippen LogP contribution in [0.25, 0.3) is 0 Å². The molecule has 0 aromatic carbocycles. The van der Waals surface area contributed by atoms with E-state index in [1.165, 1.54) is 0 Å². The van der Waals surface area contributed by atoms with Gasteiger partial charge in [-0.3, -0.25) is 4.79 Å². The third kappa shape index (κ3) is 1.07. The van der Waals surface area contributed by atoms with E-state index < -0.39 is 0 Å². The summed E-state index contributed by atoms with van der Waals surface area (Å²) in [5.74, 6) is -0.123. The van der Waals surface area contributed by atoms with Gasteiger partial charge in [-0.05, 0) is 27.2 Å². The summed E-state index contributed by atoms with van der Waals surface area (Å²) in [6.07, 6.45) is 0.610. The van der Waals surface area contributed by atoms with Crippen molar-refractivity contribution in [3.8, 4) is 0 Å². The summed E-state index contributed by atoms with van der Waals surface area (Å²) in [5, 5.41) is 0. The first-order chi connectivity index (χ1) is 4.02. The fraction of sp³-hybridized carbons (Fsp3) is 0.714. The molecular weight excluding hydrogens is 116 g/mol. The topological polar surface area (TPSA) is 26.3 Å². The first-order valence-electron chi connectivity index (χ1n) is 3.06. The average Bonchev–Trinajstić information content (AvgIpc) is 1.79. The molecule has 2 heteroatoms. The number of cyclic esters (lactones) is 1. The molecule has 0 aromatic heterocycles. The van der Waals surface area contributed by atoms with Crippen LogP contribution in [0.5, 0.6) is 0 Å². The fourth-order valence-electron chi connectivity index (χ4n) is 1.01. The van der Waals surface area contributed by atoms with Crippen LogP contribution in [0.2, 0.25) is 0 Å². The number of carbonyl (C=O) groups is 1. The van der Waals surface area contributed by atoms with Crippen LogP contribution in [-0.4, -0.2) is 12.1 Å². The standard InChI is InChI=1S/C7H11O2/c1-5-4-7(2,3)6(8)9-5/h5H,1,4H2,2-3H3. The highest BCUT2D eigenvalue weighted by Gasteiger charge is 2.39. The van der Waals surface area contributed by atoms with Crippen LogP contribution < -0.4 is 0 Å². The van der Waals surface area contributed by atoms with Crippen LogP contribution in [-0.2, 0) is 9.53 Å². The predicted octanol–water partition coefficient (Wildman–Crippen LogP) is 1.16. The van der Waals surface area contributed by atoms with Gasteiger partial charge in [-0.15, -0.1) is 0 Å². The summed E-state index contributed by atoms with van der Waals surface area (Å²) in [5.41, 5.74) is -0.299. The van der Waals surface area contributed by atoms with Crippen LogP contribution >= 0.6 is 0 Å². The van der Waals surface area contributed by atoms with Gasteiger partial charge in [0.2, 0.25) is 0 Å². The second kappa shape index (κ2) is 1.72. The van der Waals surface area contributed by atoms with E-state index in [2.05, 4.69) is 6.92 Å². The zero-order valence-corrected chi connectivity index (χ0v) is 5.81. The summed E-state index contributed by atoms with van der Waals surface area (Å²) in [7, 11) is 0. The molecule has 1 heterocycles. The first-order valence-corrected chi connectivity index (χ1v) is 3.06. The van der Waals surface area contributed by atoms with Crippen molar-refractivity contribution in [2.75, 3.05) is 0 Å². The number of esters is 1. The van der Waals surface area contributed by atoms with E-state index in [-0.39, 0.29) is 17.5 Å². The minimum atomic E-state index is -0.299. The van der Waals surface area contributed by atoms with Crippen molar-refractivity contribution >= 4 is 5.97 Å². The van der Waals surface area contributed by atoms with Crippen molar-refractivity contribution in [2.24, 2.45) is 5.41 Å². The third-order valence-electron chi connectivity index (χ3n) is 1.56. The van der Waals surface area contributed by atoms with E-state index in [1.54, 1.807) is 0 Å². The van der Waals surface area contributed by atoms with Crippen molar-refractivity contribution in [1.82, 2.24) is 0 Å². The highest BCUT2D eigenvalue weighted by atomic mass is 16.6. The molecule has 9 heavy (non-hydrogen) atoms. The summed E-state index contributed by atoms with van der Waals surface area (Å²) >= 11 is 0. The van der Waals surface area contributed by atoms with Gasteiger partial charge in [0, 0.05) is 0 Å². The van der Waals surface area contributed by atoms with E-state index in [0.717, 1.165) is 6.42 Å². The van der Waals surface area contributed by atoms with Crippen LogP contribution in [0.15, 0.2) is 0 Å². The van der Waals surface area contributed by atoms with Gasteiger partial charge in [-0.25, -0.2) is 0 Å². The minimum Gasteiger partial charge on any atom is -0.462 e. The number of hydrogen-bond acceptors (Lipinski definition) is 2. The van der Waals surface area contributed by atoms with E-state index >= 15 is 0 Å². The molecule has 0 spiro atoms. The Hall–Kier alpha value is -0.530. The molecular formula is C7H11O2. The summed E-state index contributed by atoms with van der Waals surface area (Å²) in [6.45, 7) is 7.39. The molecule has 1 rings (SSSR count). The highest BCUT2D eigenvalue weighted by molar-refractivity contribution is 5.78. The molecule has 0 amide bonds. The van der Waals surface area contributed by atoms with Gasteiger partial charge in [0.05, 0.1) is 5.41 Å². The molecule has 51 valence electrons. The molecule has 2 nitrogen and oxygen atoms in total. The van der Waals surface area contributed by atoms with E-state index in [0.29, 0.717) is 0 Å². The van der Waals surface area contributed by atoms with Crippen LogP contribution in [0.1, 0.15) is 20.3 Å². The smallest absolute Gasteiger partial charge is 0.311 e. The number of carbonyl (C=O) groups excluding carboxylic acids is 1. The zero-order valence-electron chi connectivity index (χ0n) is 5.81. The van der Waals surface area contributed by atoms with E-state index in [4.69, 9.17) is 4.74 Å². The fourth-order valence-corrected chi connectivity index (χ4v) is 1.01. The maximum absolute atomic E-state index is 10.8. The summed E-state index contributed by atoms with van der Waals surface area (Å²) < 4.78 is 4.83. The molecule has 0 bridgehead atoms. The largest absolute Gasteiger partial charge is 0.462 e. The Bertz CT molecular complexity index is 138. The molecule has 1 saturated heterocycles. The molecule has 1 aliphatic heterocycles. The molecule has 1 fully saturated rings. The Balaban J connectivity index is 2.70. The lowest BCUT2D eigenvalue weighted by molar-refractivity contribution is -0.146. The Kier molecular flexibility index (Phi) is 1.26. The quantitative estimate of drug-likeness (QED) is 0.456. The van der Waals surface area contributed by atoms with Gasteiger partial charge in [-0.1, -0.05) is 0 Å². The Morgan fingerprint density at radius 3 is 2.44 bits per heavy atom. The Morgan fingerprint density at radius 1 is 1.78 bits per heavy atom. The van der Waals surface area contributed by atoms with E-state index in [1.807, 2.05) is 13.8 Å². The van der Waals surface area contributed by atoms with Crippen molar-refractivity contribution in [3.63, 3.8) is 0 Å². The average molecular weight is 127 g/mol. The zero-order chi connectivity index (χ0) is 7.07.